The standard InChI is InChI=1S/C26H22N2O/c29-18-20-16-24(20)25-17-28(19-27-25)26(21-10-4-1-5-11-21,22-12-6-2-7-13-22)23-14-8-3-9-15-23/h1-15,17-20,24H,16H2/t20-,24-/m0/s1. The van der Waals surface area contributed by atoms with Crippen molar-refractivity contribution < 1.29 is 4.79 Å². The molecule has 1 aliphatic carbocycles. The molecule has 0 radical (unpaired) electrons. The lowest BCUT2D eigenvalue weighted by atomic mass is 9.77. The van der Waals surface area contributed by atoms with Crippen molar-refractivity contribution >= 4 is 6.29 Å². The zero-order valence-corrected chi connectivity index (χ0v) is 16.1. The van der Waals surface area contributed by atoms with Gasteiger partial charge in [0.2, 0.25) is 0 Å². The summed E-state index contributed by atoms with van der Waals surface area (Å²) in [5, 5.41) is 0. The Kier molecular flexibility index (Phi) is 4.36. The largest absolute Gasteiger partial charge is 0.319 e. The van der Waals surface area contributed by atoms with Crippen molar-refractivity contribution in [2.75, 3.05) is 0 Å². The van der Waals surface area contributed by atoms with Gasteiger partial charge in [-0.15, -0.1) is 0 Å². The maximum atomic E-state index is 11.2. The lowest BCUT2D eigenvalue weighted by Gasteiger charge is -2.37. The van der Waals surface area contributed by atoms with Crippen LogP contribution in [0, 0.1) is 5.92 Å². The van der Waals surface area contributed by atoms with Gasteiger partial charge in [-0.25, -0.2) is 4.98 Å². The molecule has 1 heterocycles. The third-order valence-corrected chi connectivity index (χ3v) is 5.96. The van der Waals surface area contributed by atoms with Crippen LogP contribution in [0.1, 0.15) is 34.7 Å². The number of nitrogens with zero attached hydrogens (tertiary/aromatic N) is 2. The Morgan fingerprint density at radius 2 is 1.28 bits per heavy atom. The van der Waals surface area contributed by atoms with Crippen molar-refractivity contribution in [1.82, 2.24) is 9.55 Å². The number of aldehydes is 1. The van der Waals surface area contributed by atoms with Crippen molar-refractivity contribution in [1.29, 1.82) is 0 Å². The molecule has 0 saturated heterocycles. The van der Waals surface area contributed by atoms with Gasteiger partial charge in [-0.2, -0.15) is 0 Å². The predicted molar refractivity (Wildman–Crippen MR) is 114 cm³/mol. The number of hydrogen-bond donors (Lipinski definition) is 0. The number of carbonyl (C=O) groups excluding carboxylic acids is 1. The summed E-state index contributed by atoms with van der Waals surface area (Å²) in [5.74, 6) is 0.353. The smallest absolute Gasteiger partial charge is 0.123 e. The molecule has 3 heteroatoms. The molecule has 1 fully saturated rings. The van der Waals surface area contributed by atoms with Crippen LogP contribution in [0.2, 0.25) is 0 Å². The van der Waals surface area contributed by atoms with Gasteiger partial charge in [-0.1, -0.05) is 91.0 Å². The first-order chi connectivity index (χ1) is 14.3. The Morgan fingerprint density at radius 1 is 0.793 bits per heavy atom. The highest BCUT2D eigenvalue weighted by Crippen LogP contribution is 2.47. The molecule has 0 unspecified atom stereocenters. The maximum Gasteiger partial charge on any atom is 0.123 e. The van der Waals surface area contributed by atoms with Gasteiger partial charge in [0.1, 0.15) is 11.8 Å². The number of carbonyl (C=O) groups is 1. The first-order valence-corrected chi connectivity index (χ1v) is 10.0. The zero-order valence-electron chi connectivity index (χ0n) is 16.1. The number of rotatable bonds is 6. The normalized spacial score (nSPS) is 18.3. The SMILES string of the molecule is O=C[C@@H]1C[C@@H]1c1cn(C(c2ccccc2)(c2ccccc2)c2ccccc2)cn1. The molecule has 0 spiro atoms. The van der Waals surface area contributed by atoms with Crippen LogP contribution in [-0.2, 0) is 10.3 Å². The van der Waals surface area contributed by atoms with Crippen LogP contribution in [0.15, 0.2) is 104 Å². The number of aromatic nitrogens is 2. The van der Waals surface area contributed by atoms with Crippen molar-refractivity contribution in [3.63, 3.8) is 0 Å². The molecule has 3 nitrogen and oxygen atoms in total. The van der Waals surface area contributed by atoms with E-state index >= 15 is 0 Å². The molecule has 0 N–H and O–H groups in total. The Bertz CT molecular complexity index is 1010. The molecule has 2 atom stereocenters. The Hall–Kier alpha value is -3.46. The van der Waals surface area contributed by atoms with Crippen molar-refractivity contribution in [3.8, 4) is 0 Å². The van der Waals surface area contributed by atoms with Gasteiger partial charge in [-0.05, 0) is 23.1 Å². The van der Waals surface area contributed by atoms with E-state index in [0.29, 0.717) is 0 Å². The van der Waals surface area contributed by atoms with Crippen LogP contribution in [-0.4, -0.2) is 15.8 Å². The highest BCUT2D eigenvalue weighted by molar-refractivity contribution is 5.61. The monoisotopic (exact) mass is 378 g/mol. The summed E-state index contributed by atoms with van der Waals surface area (Å²) in [6.07, 6.45) is 6.00. The molecular weight excluding hydrogens is 356 g/mol. The fraction of sp³-hybridized carbons (Fsp3) is 0.154. The Balaban J connectivity index is 1.78. The van der Waals surface area contributed by atoms with Gasteiger partial charge in [0.25, 0.3) is 0 Å². The minimum Gasteiger partial charge on any atom is -0.319 e. The Labute approximate surface area is 170 Å². The summed E-state index contributed by atoms with van der Waals surface area (Å²) in [5.41, 5.74) is 3.96. The molecule has 1 saturated carbocycles. The molecule has 0 amide bonds. The van der Waals surface area contributed by atoms with E-state index in [9.17, 15) is 4.79 Å². The summed E-state index contributed by atoms with van der Waals surface area (Å²) in [6, 6.07) is 31.6. The van der Waals surface area contributed by atoms with E-state index in [4.69, 9.17) is 4.98 Å². The summed E-state index contributed by atoms with van der Waals surface area (Å²) in [7, 11) is 0. The minimum atomic E-state index is -0.541. The van der Waals surface area contributed by atoms with E-state index in [1.54, 1.807) is 0 Å². The summed E-state index contributed by atoms with van der Waals surface area (Å²) >= 11 is 0. The zero-order chi connectivity index (χ0) is 19.7. The summed E-state index contributed by atoms with van der Waals surface area (Å²) in [4.78, 5) is 15.9. The predicted octanol–water partition coefficient (Wildman–Crippen LogP) is 5.03. The summed E-state index contributed by atoms with van der Waals surface area (Å²) in [6.45, 7) is 0. The number of hydrogen-bond acceptors (Lipinski definition) is 2. The minimum absolute atomic E-state index is 0.109. The molecule has 4 aromatic rings. The molecular formula is C26H22N2O. The third-order valence-electron chi connectivity index (χ3n) is 5.96. The molecule has 1 aliphatic rings. The average molecular weight is 378 g/mol. The third kappa shape index (κ3) is 2.90. The van der Waals surface area contributed by atoms with Crippen LogP contribution in [0.5, 0.6) is 0 Å². The molecule has 1 aromatic heterocycles. The summed E-state index contributed by atoms with van der Waals surface area (Å²) < 4.78 is 2.21. The molecule has 0 bridgehead atoms. The first kappa shape index (κ1) is 17.6. The van der Waals surface area contributed by atoms with Crippen molar-refractivity contribution in [3.05, 3.63) is 126 Å². The van der Waals surface area contributed by atoms with Gasteiger partial charge >= 0.3 is 0 Å². The van der Waals surface area contributed by atoms with E-state index in [1.165, 1.54) is 16.7 Å². The van der Waals surface area contributed by atoms with Crippen LogP contribution in [0.4, 0.5) is 0 Å². The first-order valence-electron chi connectivity index (χ1n) is 10.0. The van der Waals surface area contributed by atoms with Crippen LogP contribution >= 0.6 is 0 Å². The second-order valence-electron chi connectivity index (χ2n) is 7.66. The fourth-order valence-electron chi connectivity index (χ4n) is 4.40. The van der Waals surface area contributed by atoms with E-state index in [0.717, 1.165) is 18.4 Å². The number of benzene rings is 3. The lowest BCUT2D eigenvalue weighted by molar-refractivity contribution is -0.108. The fourth-order valence-corrected chi connectivity index (χ4v) is 4.40. The highest BCUT2D eigenvalue weighted by atomic mass is 16.1. The molecule has 29 heavy (non-hydrogen) atoms. The van der Waals surface area contributed by atoms with E-state index in [-0.39, 0.29) is 11.8 Å². The van der Waals surface area contributed by atoms with Crippen LogP contribution in [0.25, 0.3) is 0 Å². The second-order valence-corrected chi connectivity index (χ2v) is 7.66. The molecule has 3 aromatic carbocycles. The maximum absolute atomic E-state index is 11.2. The molecule has 5 rings (SSSR count). The average Bonchev–Trinajstić information content (AvgIpc) is 3.44. The Morgan fingerprint density at radius 3 is 1.69 bits per heavy atom. The van der Waals surface area contributed by atoms with E-state index in [2.05, 4.69) is 83.6 Å². The highest BCUT2D eigenvalue weighted by Gasteiger charge is 2.42. The molecule has 0 aliphatic heterocycles. The van der Waals surface area contributed by atoms with Gasteiger partial charge in [-0.3, -0.25) is 0 Å². The topological polar surface area (TPSA) is 34.9 Å². The second kappa shape index (κ2) is 7.17. The van der Waals surface area contributed by atoms with Gasteiger partial charge in [0, 0.05) is 18.0 Å². The van der Waals surface area contributed by atoms with Gasteiger partial charge in [0.05, 0.1) is 12.0 Å². The van der Waals surface area contributed by atoms with Gasteiger partial charge in [0.15, 0.2) is 0 Å². The lowest BCUT2D eigenvalue weighted by Crippen LogP contribution is -2.36. The van der Waals surface area contributed by atoms with Crippen LogP contribution < -0.4 is 0 Å². The number of imidazole rings is 1. The van der Waals surface area contributed by atoms with E-state index < -0.39 is 5.54 Å². The van der Waals surface area contributed by atoms with E-state index in [1.807, 2.05) is 24.5 Å². The van der Waals surface area contributed by atoms with Crippen LogP contribution in [0.3, 0.4) is 0 Å². The molecule has 142 valence electrons. The van der Waals surface area contributed by atoms with Crippen molar-refractivity contribution in [2.24, 2.45) is 5.92 Å². The van der Waals surface area contributed by atoms with Gasteiger partial charge < -0.3 is 9.36 Å². The quantitative estimate of drug-likeness (QED) is 0.349. The van der Waals surface area contributed by atoms with Crippen molar-refractivity contribution in [2.45, 2.75) is 17.9 Å².